The summed E-state index contributed by atoms with van der Waals surface area (Å²) in [6.07, 6.45) is -0.351. The molecule has 0 aliphatic carbocycles. The van der Waals surface area contributed by atoms with Crippen molar-refractivity contribution < 1.29 is 14.7 Å². The van der Waals surface area contributed by atoms with Gasteiger partial charge in [0.1, 0.15) is 0 Å². The molecule has 1 unspecified atom stereocenters. The first-order chi connectivity index (χ1) is 8.81. The fourth-order valence-electron chi connectivity index (χ4n) is 1.92. The van der Waals surface area contributed by atoms with Crippen molar-refractivity contribution in [3.8, 4) is 0 Å². The molecule has 0 fully saturated rings. The van der Waals surface area contributed by atoms with Crippen LogP contribution in [-0.4, -0.2) is 35.0 Å². The van der Waals surface area contributed by atoms with Gasteiger partial charge in [0.15, 0.2) is 0 Å². The Morgan fingerprint density at radius 3 is 2.53 bits per heavy atom. The van der Waals surface area contributed by atoms with E-state index in [1.807, 2.05) is 32.0 Å². The number of nitrogens with two attached hydrogens (primary N) is 1. The van der Waals surface area contributed by atoms with Gasteiger partial charge in [-0.3, -0.25) is 9.59 Å². The number of aryl methyl sites for hydroxylation is 2. The zero-order chi connectivity index (χ0) is 14.6. The highest BCUT2D eigenvalue weighted by Gasteiger charge is 2.21. The van der Waals surface area contributed by atoms with Crippen LogP contribution in [0.5, 0.6) is 0 Å². The van der Waals surface area contributed by atoms with Gasteiger partial charge in [0, 0.05) is 13.6 Å². The van der Waals surface area contributed by atoms with Crippen molar-refractivity contribution in [2.24, 2.45) is 5.73 Å². The van der Waals surface area contributed by atoms with Crippen molar-refractivity contribution in [1.29, 1.82) is 0 Å². The first kappa shape index (κ1) is 15.2. The number of aliphatic carboxylic acids is 1. The Labute approximate surface area is 113 Å². The molecule has 1 amide bonds. The van der Waals surface area contributed by atoms with E-state index in [-0.39, 0.29) is 12.3 Å². The van der Waals surface area contributed by atoms with Crippen LogP contribution in [0, 0.1) is 13.8 Å². The van der Waals surface area contributed by atoms with E-state index >= 15 is 0 Å². The summed E-state index contributed by atoms with van der Waals surface area (Å²) >= 11 is 0. The van der Waals surface area contributed by atoms with Crippen LogP contribution in [0.1, 0.15) is 23.1 Å². The van der Waals surface area contributed by atoms with Gasteiger partial charge in [0.25, 0.3) is 0 Å². The average molecular weight is 264 g/mol. The van der Waals surface area contributed by atoms with Crippen LogP contribution in [0.2, 0.25) is 0 Å². The summed E-state index contributed by atoms with van der Waals surface area (Å²) < 4.78 is 0. The van der Waals surface area contributed by atoms with Crippen LogP contribution in [0.15, 0.2) is 18.2 Å². The zero-order valence-electron chi connectivity index (χ0n) is 11.5. The minimum absolute atomic E-state index is 0.351. The van der Waals surface area contributed by atoms with E-state index in [1.165, 1.54) is 4.90 Å². The van der Waals surface area contributed by atoms with Crippen LogP contribution < -0.4 is 5.73 Å². The van der Waals surface area contributed by atoms with Crippen LogP contribution in [-0.2, 0) is 16.1 Å². The average Bonchev–Trinajstić information content (AvgIpc) is 2.30. The quantitative estimate of drug-likeness (QED) is 0.833. The summed E-state index contributed by atoms with van der Waals surface area (Å²) in [6.45, 7) is 4.42. The lowest BCUT2D eigenvalue weighted by Crippen LogP contribution is -2.42. The molecule has 0 bridgehead atoms. The normalized spacial score (nSPS) is 12.0. The first-order valence-corrected chi connectivity index (χ1v) is 6.09. The number of carboxylic acids is 1. The summed E-state index contributed by atoms with van der Waals surface area (Å²) in [4.78, 5) is 23.9. The minimum atomic E-state index is -1.07. The van der Waals surface area contributed by atoms with Gasteiger partial charge in [-0.15, -0.1) is 0 Å². The lowest BCUT2D eigenvalue weighted by molar-refractivity contribution is -0.141. The largest absolute Gasteiger partial charge is 0.481 e. The summed E-state index contributed by atoms with van der Waals surface area (Å²) in [5, 5.41) is 8.63. The fraction of sp³-hybridized carbons (Fsp3) is 0.429. The summed E-state index contributed by atoms with van der Waals surface area (Å²) in [5.74, 6) is -1.43. The van der Waals surface area contributed by atoms with Crippen molar-refractivity contribution in [1.82, 2.24) is 4.90 Å². The molecule has 1 aromatic rings. The van der Waals surface area contributed by atoms with E-state index in [0.717, 1.165) is 16.7 Å². The molecule has 19 heavy (non-hydrogen) atoms. The molecular weight excluding hydrogens is 244 g/mol. The van der Waals surface area contributed by atoms with Gasteiger partial charge in [-0.1, -0.05) is 23.8 Å². The smallest absolute Gasteiger partial charge is 0.305 e. The molecule has 0 aromatic heterocycles. The standard InChI is InChI=1S/C14H20N2O3/c1-9-4-5-11(10(2)6-9)8-16(3)14(19)12(15)7-13(17)18/h4-6,12H,7-8,15H2,1-3H3,(H,17,18). The minimum Gasteiger partial charge on any atom is -0.481 e. The summed E-state index contributed by atoms with van der Waals surface area (Å²) in [5.41, 5.74) is 8.86. The van der Waals surface area contributed by atoms with Gasteiger partial charge in [-0.25, -0.2) is 0 Å². The molecule has 0 aliphatic rings. The van der Waals surface area contributed by atoms with Crippen LogP contribution in [0.4, 0.5) is 0 Å². The number of rotatable bonds is 5. The molecule has 0 saturated carbocycles. The van der Waals surface area contributed by atoms with Gasteiger partial charge in [0.2, 0.25) is 5.91 Å². The molecule has 1 rings (SSSR count). The number of carboxylic acid groups (broad SMARTS) is 1. The second-order valence-corrected chi connectivity index (χ2v) is 4.83. The Balaban J connectivity index is 2.70. The molecule has 0 spiro atoms. The van der Waals surface area contributed by atoms with E-state index in [9.17, 15) is 9.59 Å². The Hall–Kier alpha value is -1.88. The Morgan fingerprint density at radius 2 is 2.00 bits per heavy atom. The molecular formula is C14H20N2O3. The van der Waals surface area contributed by atoms with Crippen LogP contribution >= 0.6 is 0 Å². The van der Waals surface area contributed by atoms with Crippen molar-refractivity contribution in [3.05, 3.63) is 34.9 Å². The second-order valence-electron chi connectivity index (χ2n) is 4.83. The van der Waals surface area contributed by atoms with Crippen molar-refractivity contribution in [3.63, 3.8) is 0 Å². The monoisotopic (exact) mass is 264 g/mol. The number of likely N-dealkylation sites (N-methyl/N-ethyl adjacent to an activating group) is 1. The van der Waals surface area contributed by atoms with Crippen molar-refractivity contribution in [2.75, 3.05) is 7.05 Å². The van der Waals surface area contributed by atoms with Gasteiger partial charge in [0.05, 0.1) is 12.5 Å². The highest BCUT2D eigenvalue weighted by atomic mass is 16.4. The number of benzene rings is 1. The maximum Gasteiger partial charge on any atom is 0.305 e. The first-order valence-electron chi connectivity index (χ1n) is 6.09. The zero-order valence-corrected chi connectivity index (χ0v) is 11.5. The van der Waals surface area contributed by atoms with Crippen LogP contribution in [0.25, 0.3) is 0 Å². The van der Waals surface area contributed by atoms with E-state index < -0.39 is 12.0 Å². The molecule has 0 aliphatic heterocycles. The number of carbonyl (C=O) groups is 2. The van der Waals surface area contributed by atoms with Crippen LogP contribution in [0.3, 0.4) is 0 Å². The summed E-state index contributed by atoms with van der Waals surface area (Å²) in [7, 11) is 1.63. The van der Waals surface area contributed by atoms with Gasteiger partial charge >= 0.3 is 5.97 Å². The maximum atomic E-state index is 11.9. The summed E-state index contributed by atoms with van der Waals surface area (Å²) in [6, 6.07) is 5.01. The Kier molecular flexibility index (Phi) is 5.06. The number of carbonyl (C=O) groups excluding carboxylic acids is 1. The predicted octanol–water partition coefficient (Wildman–Crippen LogP) is 1.06. The fourth-order valence-corrected chi connectivity index (χ4v) is 1.92. The van der Waals surface area contributed by atoms with Gasteiger partial charge in [-0.05, 0) is 25.0 Å². The van der Waals surface area contributed by atoms with E-state index in [1.54, 1.807) is 7.05 Å². The number of hydrogen-bond acceptors (Lipinski definition) is 3. The van der Waals surface area contributed by atoms with Crippen molar-refractivity contribution in [2.45, 2.75) is 32.9 Å². The van der Waals surface area contributed by atoms with Gasteiger partial charge in [-0.2, -0.15) is 0 Å². The Bertz CT molecular complexity index is 486. The van der Waals surface area contributed by atoms with Gasteiger partial charge < -0.3 is 15.7 Å². The number of nitrogens with zero attached hydrogens (tertiary/aromatic N) is 1. The molecule has 0 heterocycles. The molecule has 104 valence electrons. The Morgan fingerprint density at radius 1 is 1.37 bits per heavy atom. The second kappa shape index (κ2) is 6.33. The molecule has 0 radical (unpaired) electrons. The third kappa shape index (κ3) is 4.37. The third-order valence-electron chi connectivity index (χ3n) is 2.99. The van der Waals surface area contributed by atoms with E-state index in [4.69, 9.17) is 10.8 Å². The molecule has 1 aromatic carbocycles. The van der Waals surface area contributed by atoms with E-state index in [2.05, 4.69) is 0 Å². The SMILES string of the molecule is Cc1ccc(CN(C)C(=O)C(N)CC(=O)O)c(C)c1. The predicted molar refractivity (Wildman–Crippen MR) is 72.6 cm³/mol. The molecule has 0 saturated heterocycles. The molecule has 1 atom stereocenters. The molecule has 3 N–H and O–H groups in total. The lowest BCUT2D eigenvalue weighted by atomic mass is 10.1. The highest BCUT2D eigenvalue weighted by molar-refractivity contribution is 5.85. The third-order valence-corrected chi connectivity index (χ3v) is 2.99. The maximum absolute atomic E-state index is 11.9. The number of amides is 1. The van der Waals surface area contributed by atoms with Crippen molar-refractivity contribution >= 4 is 11.9 Å². The number of hydrogen-bond donors (Lipinski definition) is 2. The topological polar surface area (TPSA) is 83.6 Å². The highest BCUT2D eigenvalue weighted by Crippen LogP contribution is 2.13. The molecule has 5 heteroatoms. The van der Waals surface area contributed by atoms with E-state index in [0.29, 0.717) is 6.54 Å². The molecule has 5 nitrogen and oxygen atoms in total. The lowest BCUT2D eigenvalue weighted by Gasteiger charge is -2.21.